The molecule has 0 radical (unpaired) electrons. The molecule has 1 aromatic carbocycles. The number of aromatic nitrogens is 2. The van der Waals surface area contributed by atoms with Gasteiger partial charge in [0.25, 0.3) is 10.0 Å². The fourth-order valence-electron chi connectivity index (χ4n) is 2.07. The Morgan fingerprint density at radius 3 is 2.45 bits per heavy atom. The first-order chi connectivity index (χ1) is 9.36. The first-order valence-electron chi connectivity index (χ1n) is 6.03. The Bertz CT molecular complexity index is 736. The number of rotatable bonds is 4. The van der Waals surface area contributed by atoms with Crippen LogP contribution in [0.4, 0.5) is 5.69 Å². The number of hydrogen-bond acceptors (Lipinski definition) is 4. The average Bonchev–Trinajstić information content (AvgIpc) is 2.63. The van der Waals surface area contributed by atoms with Gasteiger partial charge in [-0.3, -0.25) is 9.40 Å². The second-order valence-electron chi connectivity index (χ2n) is 4.43. The lowest BCUT2D eigenvalue weighted by Gasteiger charge is -2.11. The maximum atomic E-state index is 12.6. The first-order valence-corrected chi connectivity index (χ1v) is 8.73. The molecular weight excluding hydrogens is 294 g/mol. The van der Waals surface area contributed by atoms with Crippen LogP contribution in [0, 0.1) is 13.8 Å². The van der Waals surface area contributed by atoms with Gasteiger partial charge < -0.3 is 0 Å². The van der Waals surface area contributed by atoms with Crippen LogP contribution in [0.5, 0.6) is 0 Å². The Morgan fingerprint density at radius 2 is 1.90 bits per heavy atom. The summed E-state index contributed by atoms with van der Waals surface area (Å²) in [5.74, 6) is 0. The summed E-state index contributed by atoms with van der Waals surface area (Å²) in [6.45, 7) is 3.44. The van der Waals surface area contributed by atoms with E-state index >= 15 is 0 Å². The monoisotopic (exact) mass is 311 g/mol. The van der Waals surface area contributed by atoms with Crippen molar-refractivity contribution in [3.63, 3.8) is 0 Å². The molecule has 1 aromatic heterocycles. The normalized spacial score (nSPS) is 11.6. The van der Waals surface area contributed by atoms with Crippen LogP contribution in [0.2, 0.25) is 0 Å². The molecule has 0 amide bonds. The molecule has 1 N–H and O–H groups in total. The van der Waals surface area contributed by atoms with Gasteiger partial charge >= 0.3 is 0 Å². The van der Waals surface area contributed by atoms with Gasteiger partial charge in [0.05, 0.1) is 17.1 Å². The molecule has 108 valence electrons. The molecule has 0 unspecified atom stereocenters. The molecule has 20 heavy (non-hydrogen) atoms. The van der Waals surface area contributed by atoms with E-state index < -0.39 is 10.0 Å². The van der Waals surface area contributed by atoms with Crippen molar-refractivity contribution in [2.45, 2.75) is 23.6 Å². The number of hydrogen-bond donors (Lipinski definition) is 1. The molecule has 0 aliphatic carbocycles. The van der Waals surface area contributed by atoms with Crippen LogP contribution >= 0.6 is 11.8 Å². The van der Waals surface area contributed by atoms with Gasteiger partial charge in [-0.15, -0.1) is 11.8 Å². The molecule has 0 aliphatic rings. The van der Waals surface area contributed by atoms with E-state index in [0.29, 0.717) is 17.1 Å². The third-order valence-corrected chi connectivity index (χ3v) is 5.48. The van der Waals surface area contributed by atoms with E-state index in [1.54, 1.807) is 37.7 Å². The average molecular weight is 311 g/mol. The Morgan fingerprint density at radius 1 is 1.25 bits per heavy atom. The Labute approximate surface area is 123 Å². The third kappa shape index (κ3) is 2.69. The van der Waals surface area contributed by atoms with Gasteiger partial charge in [-0.25, -0.2) is 8.42 Å². The van der Waals surface area contributed by atoms with E-state index in [0.717, 1.165) is 4.90 Å². The number of para-hydroxylation sites is 1. The molecule has 0 spiro atoms. The van der Waals surface area contributed by atoms with Gasteiger partial charge in [0.15, 0.2) is 0 Å². The molecule has 1 heterocycles. The second-order valence-corrected chi connectivity index (χ2v) is 6.90. The second kappa shape index (κ2) is 5.49. The molecule has 0 aliphatic heterocycles. The minimum atomic E-state index is -3.63. The third-order valence-electron chi connectivity index (χ3n) is 3.06. The predicted octanol–water partition coefficient (Wildman–Crippen LogP) is 2.56. The molecular formula is C13H17N3O2S2. The highest BCUT2D eigenvalue weighted by Gasteiger charge is 2.24. The van der Waals surface area contributed by atoms with Gasteiger partial charge in [0.1, 0.15) is 4.90 Å². The molecule has 7 heteroatoms. The Kier molecular flexibility index (Phi) is 4.10. The lowest BCUT2D eigenvalue weighted by atomic mass is 10.3. The van der Waals surface area contributed by atoms with Crippen molar-refractivity contribution < 1.29 is 8.42 Å². The first kappa shape index (κ1) is 14.9. The lowest BCUT2D eigenvalue weighted by Crippen LogP contribution is -2.15. The number of aryl methyl sites for hydroxylation is 2. The fraction of sp³-hybridized carbons (Fsp3) is 0.308. The number of thioether (sulfide) groups is 1. The Hall–Kier alpha value is -1.47. The number of sulfonamides is 1. The number of nitrogens with one attached hydrogen (secondary N) is 1. The van der Waals surface area contributed by atoms with Crippen molar-refractivity contribution in [1.82, 2.24) is 9.78 Å². The highest BCUT2D eigenvalue weighted by Crippen LogP contribution is 2.28. The van der Waals surface area contributed by atoms with Gasteiger partial charge in [0, 0.05) is 11.9 Å². The molecule has 0 atom stereocenters. The van der Waals surface area contributed by atoms with Crippen LogP contribution in [0.1, 0.15) is 11.4 Å². The van der Waals surface area contributed by atoms with Crippen LogP contribution in [0.15, 0.2) is 34.1 Å². The summed E-state index contributed by atoms with van der Waals surface area (Å²) in [6, 6.07) is 7.32. The molecule has 0 saturated carbocycles. The van der Waals surface area contributed by atoms with Crippen LogP contribution in [-0.4, -0.2) is 24.5 Å². The minimum Gasteiger partial charge on any atom is -0.278 e. The summed E-state index contributed by atoms with van der Waals surface area (Å²) in [6.07, 6.45) is 1.91. The maximum Gasteiger partial charge on any atom is 0.265 e. The SMILES string of the molecule is CSc1ccccc1NS(=O)(=O)c1c(C)nn(C)c1C. The topological polar surface area (TPSA) is 64.0 Å². The van der Waals surface area contributed by atoms with E-state index in [1.165, 1.54) is 11.8 Å². The van der Waals surface area contributed by atoms with E-state index in [9.17, 15) is 8.42 Å². The number of anilines is 1. The van der Waals surface area contributed by atoms with Gasteiger partial charge in [-0.05, 0) is 32.2 Å². The zero-order valence-electron chi connectivity index (χ0n) is 11.8. The van der Waals surface area contributed by atoms with Gasteiger partial charge in [0.2, 0.25) is 0 Å². The van der Waals surface area contributed by atoms with Crippen molar-refractivity contribution in [2.75, 3.05) is 11.0 Å². The van der Waals surface area contributed by atoms with Gasteiger partial charge in [-0.2, -0.15) is 5.10 Å². The molecule has 2 aromatic rings. The summed E-state index contributed by atoms with van der Waals surface area (Å²) < 4.78 is 29.3. The summed E-state index contributed by atoms with van der Waals surface area (Å²) in [4.78, 5) is 1.13. The summed E-state index contributed by atoms with van der Waals surface area (Å²) in [7, 11) is -1.90. The van der Waals surface area contributed by atoms with E-state index in [4.69, 9.17) is 0 Å². The zero-order chi connectivity index (χ0) is 14.9. The maximum absolute atomic E-state index is 12.6. The Balaban J connectivity index is 2.46. The lowest BCUT2D eigenvalue weighted by molar-refractivity contribution is 0.599. The predicted molar refractivity (Wildman–Crippen MR) is 81.7 cm³/mol. The zero-order valence-corrected chi connectivity index (χ0v) is 13.5. The van der Waals surface area contributed by atoms with E-state index in [1.807, 2.05) is 18.4 Å². The van der Waals surface area contributed by atoms with Crippen molar-refractivity contribution in [1.29, 1.82) is 0 Å². The van der Waals surface area contributed by atoms with Crippen LogP contribution in [0.3, 0.4) is 0 Å². The van der Waals surface area contributed by atoms with Crippen LogP contribution in [0.25, 0.3) is 0 Å². The van der Waals surface area contributed by atoms with Crippen molar-refractivity contribution in [3.8, 4) is 0 Å². The van der Waals surface area contributed by atoms with Crippen molar-refractivity contribution in [2.24, 2.45) is 7.05 Å². The standard InChI is InChI=1S/C13H17N3O2S2/c1-9-13(10(2)16(3)14-9)20(17,18)15-11-7-5-6-8-12(11)19-4/h5-8,15H,1-4H3. The van der Waals surface area contributed by atoms with Crippen LogP contribution < -0.4 is 4.72 Å². The molecule has 5 nitrogen and oxygen atoms in total. The van der Waals surface area contributed by atoms with E-state index in [-0.39, 0.29) is 4.90 Å². The van der Waals surface area contributed by atoms with Crippen LogP contribution in [-0.2, 0) is 17.1 Å². The summed E-state index contributed by atoms with van der Waals surface area (Å²) >= 11 is 1.50. The highest BCUT2D eigenvalue weighted by atomic mass is 32.2. The van der Waals surface area contributed by atoms with E-state index in [2.05, 4.69) is 9.82 Å². The highest BCUT2D eigenvalue weighted by molar-refractivity contribution is 7.99. The van der Waals surface area contributed by atoms with Crippen molar-refractivity contribution in [3.05, 3.63) is 35.7 Å². The minimum absolute atomic E-state index is 0.246. The van der Waals surface area contributed by atoms with Crippen molar-refractivity contribution >= 4 is 27.5 Å². The number of nitrogens with zero attached hydrogens (tertiary/aromatic N) is 2. The molecule has 0 fully saturated rings. The molecule has 0 saturated heterocycles. The fourth-order valence-corrected chi connectivity index (χ4v) is 4.21. The molecule has 2 rings (SSSR count). The summed E-state index contributed by atoms with van der Waals surface area (Å²) in [5, 5.41) is 4.15. The largest absolute Gasteiger partial charge is 0.278 e. The summed E-state index contributed by atoms with van der Waals surface area (Å²) in [5.41, 5.74) is 1.71. The quantitative estimate of drug-likeness (QED) is 0.881. The van der Waals surface area contributed by atoms with Gasteiger partial charge in [-0.1, -0.05) is 12.1 Å². The number of benzene rings is 1. The molecule has 0 bridgehead atoms. The smallest absolute Gasteiger partial charge is 0.265 e.